The van der Waals surface area contributed by atoms with Crippen molar-refractivity contribution in [3.05, 3.63) is 75.2 Å². The number of halogens is 2. The van der Waals surface area contributed by atoms with Crippen molar-refractivity contribution in [3.63, 3.8) is 0 Å². The van der Waals surface area contributed by atoms with Gasteiger partial charge in [-0.3, -0.25) is 4.79 Å². The smallest absolute Gasteiger partial charge is 0.329 e. The minimum Gasteiger partial charge on any atom is -0.458 e. The monoisotopic (exact) mass is 494 g/mol. The molecule has 1 N–H and O–H groups in total. The van der Waals surface area contributed by atoms with Crippen molar-refractivity contribution < 1.29 is 14.3 Å². The molecule has 0 aliphatic rings. The van der Waals surface area contributed by atoms with Gasteiger partial charge in [0, 0.05) is 16.0 Å². The lowest BCUT2D eigenvalue weighted by Crippen LogP contribution is -2.42. The first-order chi connectivity index (χ1) is 15.0. The number of ether oxygens (including phenoxy) is 1. The Bertz CT molecular complexity index is 1040. The lowest BCUT2D eigenvalue weighted by molar-refractivity contribution is -0.147. The fourth-order valence-electron chi connectivity index (χ4n) is 2.73. The van der Waals surface area contributed by atoms with E-state index >= 15 is 0 Å². The topological polar surface area (TPSA) is 68.3 Å². The number of thiazole rings is 1. The number of hydrogen-bond donors (Lipinski definition) is 1. The summed E-state index contributed by atoms with van der Waals surface area (Å²) < 4.78 is 5.45. The first-order valence-corrected chi connectivity index (χ1v) is 12.4. The summed E-state index contributed by atoms with van der Waals surface area (Å²) in [5.74, 6) is -0.282. The van der Waals surface area contributed by atoms with E-state index in [2.05, 4.69) is 10.3 Å². The second-order valence-electron chi connectivity index (χ2n) is 6.55. The Balaban J connectivity index is 1.63. The fourth-order valence-corrected chi connectivity index (χ4v) is 4.50. The van der Waals surface area contributed by atoms with E-state index in [1.807, 2.05) is 42.0 Å². The third-order valence-electron chi connectivity index (χ3n) is 4.31. The van der Waals surface area contributed by atoms with Crippen LogP contribution in [0.1, 0.15) is 22.5 Å². The second kappa shape index (κ2) is 11.5. The molecule has 3 aromatic rings. The highest BCUT2D eigenvalue weighted by Gasteiger charge is 2.24. The number of amides is 1. The molecule has 162 valence electrons. The largest absolute Gasteiger partial charge is 0.458 e. The minimum absolute atomic E-state index is 0.0372. The molecule has 1 heterocycles. The molecule has 5 nitrogen and oxygen atoms in total. The Hall–Kier alpha value is -2.06. The van der Waals surface area contributed by atoms with Crippen LogP contribution in [-0.4, -0.2) is 34.9 Å². The maximum absolute atomic E-state index is 12.7. The molecule has 0 spiro atoms. The third kappa shape index (κ3) is 6.71. The molecule has 0 radical (unpaired) electrons. The van der Waals surface area contributed by atoms with E-state index in [0.29, 0.717) is 22.9 Å². The number of carbonyl (C=O) groups excluding carboxylic acids is 2. The van der Waals surface area contributed by atoms with Gasteiger partial charge in [-0.2, -0.15) is 11.8 Å². The number of esters is 1. The molecule has 9 heteroatoms. The molecule has 0 aliphatic carbocycles. The Morgan fingerprint density at radius 2 is 1.97 bits per heavy atom. The predicted octanol–water partition coefficient (Wildman–Crippen LogP) is 5.71. The predicted molar refractivity (Wildman–Crippen MR) is 128 cm³/mol. The summed E-state index contributed by atoms with van der Waals surface area (Å²) in [7, 11) is 0. The molecule has 0 bridgehead atoms. The fraction of sp³-hybridized carbons (Fsp3) is 0.227. The molecule has 1 aromatic heterocycles. The quantitative estimate of drug-likeness (QED) is 0.385. The standard InChI is InChI=1S/C22H20Cl2N2O3S2/c1-30-10-9-19(26-20(27)17-8-7-15(23)11-18(17)24)22(28)29-12-16-13-31-21(25-16)14-5-3-2-4-6-14/h2-8,11,13,19H,9-10,12H2,1H3,(H,26,27)/t19-/m1/s1. The van der Waals surface area contributed by atoms with Crippen molar-refractivity contribution in [3.8, 4) is 10.6 Å². The Kier molecular flexibility index (Phi) is 8.78. The highest BCUT2D eigenvalue weighted by Crippen LogP contribution is 2.24. The molecule has 1 atom stereocenters. The summed E-state index contributed by atoms with van der Waals surface area (Å²) in [5.41, 5.74) is 1.92. The van der Waals surface area contributed by atoms with Crippen LogP contribution in [0.3, 0.4) is 0 Å². The van der Waals surface area contributed by atoms with E-state index in [-0.39, 0.29) is 17.2 Å². The minimum atomic E-state index is -0.793. The number of thioether (sulfide) groups is 1. The zero-order chi connectivity index (χ0) is 22.2. The average Bonchev–Trinajstić information content (AvgIpc) is 3.24. The van der Waals surface area contributed by atoms with Crippen molar-refractivity contribution in [2.75, 3.05) is 12.0 Å². The van der Waals surface area contributed by atoms with E-state index in [1.165, 1.54) is 23.5 Å². The highest BCUT2D eigenvalue weighted by molar-refractivity contribution is 7.98. The maximum atomic E-state index is 12.7. The van der Waals surface area contributed by atoms with Gasteiger partial charge < -0.3 is 10.1 Å². The van der Waals surface area contributed by atoms with Crippen LogP contribution >= 0.6 is 46.3 Å². The van der Waals surface area contributed by atoms with Crippen LogP contribution in [0.15, 0.2) is 53.9 Å². The van der Waals surface area contributed by atoms with Crippen LogP contribution in [0.4, 0.5) is 0 Å². The van der Waals surface area contributed by atoms with Gasteiger partial charge >= 0.3 is 5.97 Å². The van der Waals surface area contributed by atoms with Crippen molar-refractivity contribution in [1.82, 2.24) is 10.3 Å². The SMILES string of the molecule is CSCC[C@@H](NC(=O)c1ccc(Cl)cc1Cl)C(=O)OCc1csc(-c2ccccc2)n1. The summed E-state index contributed by atoms with van der Waals surface area (Å²) in [4.78, 5) is 29.8. The zero-order valence-corrected chi connectivity index (χ0v) is 19.8. The molecule has 0 fully saturated rings. The van der Waals surface area contributed by atoms with Crippen molar-refractivity contribution in [2.45, 2.75) is 19.1 Å². The van der Waals surface area contributed by atoms with Crippen LogP contribution in [-0.2, 0) is 16.1 Å². The zero-order valence-electron chi connectivity index (χ0n) is 16.6. The van der Waals surface area contributed by atoms with Gasteiger partial charge in [0.2, 0.25) is 0 Å². The van der Waals surface area contributed by atoms with Crippen LogP contribution in [0, 0.1) is 0 Å². The molecular formula is C22H20Cl2N2O3S2. The van der Waals surface area contributed by atoms with E-state index in [1.54, 1.807) is 17.8 Å². The molecular weight excluding hydrogens is 475 g/mol. The number of rotatable bonds is 9. The number of hydrogen-bond acceptors (Lipinski definition) is 6. The van der Waals surface area contributed by atoms with Crippen molar-refractivity contribution in [2.24, 2.45) is 0 Å². The van der Waals surface area contributed by atoms with E-state index in [0.717, 1.165) is 10.6 Å². The summed E-state index contributed by atoms with van der Waals surface area (Å²) in [6.45, 7) is 0.0372. The molecule has 1 amide bonds. The van der Waals surface area contributed by atoms with Crippen LogP contribution in [0.2, 0.25) is 10.0 Å². The number of nitrogens with one attached hydrogen (secondary N) is 1. The van der Waals surface area contributed by atoms with Crippen LogP contribution in [0.5, 0.6) is 0 Å². The lowest BCUT2D eigenvalue weighted by Gasteiger charge is -2.17. The molecule has 0 unspecified atom stereocenters. The van der Waals surface area contributed by atoms with Gasteiger partial charge in [-0.25, -0.2) is 9.78 Å². The number of nitrogens with zero attached hydrogens (tertiary/aromatic N) is 1. The summed E-state index contributed by atoms with van der Waals surface area (Å²) in [6, 6.07) is 13.6. The van der Waals surface area contributed by atoms with E-state index in [4.69, 9.17) is 27.9 Å². The summed E-state index contributed by atoms with van der Waals surface area (Å²) >= 11 is 15.1. The van der Waals surface area contributed by atoms with Gasteiger partial charge in [-0.05, 0) is 36.6 Å². The third-order valence-corrected chi connectivity index (χ3v) is 6.44. The van der Waals surface area contributed by atoms with Gasteiger partial charge in [-0.1, -0.05) is 53.5 Å². The highest BCUT2D eigenvalue weighted by atomic mass is 35.5. The molecule has 3 rings (SSSR count). The molecule has 0 aliphatic heterocycles. The molecule has 0 saturated carbocycles. The van der Waals surface area contributed by atoms with Crippen molar-refractivity contribution >= 4 is 58.2 Å². The maximum Gasteiger partial charge on any atom is 0.329 e. The van der Waals surface area contributed by atoms with Gasteiger partial charge in [-0.15, -0.1) is 11.3 Å². The van der Waals surface area contributed by atoms with Gasteiger partial charge in [0.1, 0.15) is 17.7 Å². The Morgan fingerprint density at radius 1 is 1.19 bits per heavy atom. The number of carbonyl (C=O) groups is 2. The summed E-state index contributed by atoms with van der Waals surface area (Å²) in [5, 5.41) is 6.09. The van der Waals surface area contributed by atoms with Crippen LogP contribution < -0.4 is 5.32 Å². The Labute approximate surface area is 199 Å². The van der Waals surface area contributed by atoms with Crippen molar-refractivity contribution in [1.29, 1.82) is 0 Å². The van der Waals surface area contributed by atoms with E-state index < -0.39 is 17.9 Å². The Morgan fingerprint density at radius 3 is 2.68 bits per heavy atom. The van der Waals surface area contributed by atoms with Gasteiger partial charge in [0.25, 0.3) is 5.91 Å². The van der Waals surface area contributed by atoms with Gasteiger partial charge in [0.15, 0.2) is 0 Å². The molecule has 31 heavy (non-hydrogen) atoms. The number of aromatic nitrogens is 1. The second-order valence-corrected chi connectivity index (χ2v) is 9.24. The van der Waals surface area contributed by atoms with Crippen LogP contribution in [0.25, 0.3) is 10.6 Å². The first kappa shape index (κ1) is 23.6. The van der Waals surface area contributed by atoms with E-state index in [9.17, 15) is 9.59 Å². The molecule has 2 aromatic carbocycles. The van der Waals surface area contributed by atoms with Gasteiger partial charge in [0.05, 0.1) is 16.3 Å². The summed E-state index contributed by atoms with van der Waals surface area (Å²) in [6.07, 6.45) is 2.37. The molecule has 0 saturated heterocycles. The number of benzene rings is 2. The normalized spacial score (nSPS) is 11.7. The first-order valence-electron chi connectivity index (χ1n) is 9.39. The average molecular weight is 495 g/mol. The lowest BCUT2D eigenvalue weighted by atomic mass is 10.1.